The monoisotopic (exact) mass is 396 g/mol. The molecule has 29 heavy (non-hydrogen) atoms. The van der Waals surface area contributed by atoms with Gasteiger partial charge in [0.15, 0.2) is 34.5 Å². The lowest BCUT2D eigenvalue weighted by atomic mass is 10.3. The van der Waals surface area contributed by atoms with E-state index in [2.05, 4.69) is 0 Å². The molecule has 2 N–H and O–H groups in total. The average molecular weight is 396 g/mol. The molecule has 1 aliphatic rings. The van der Waals surface area contributed by atoms with E-state index in [9.17, 15) is 0 Å². The molecular weight excluding hydrogens is 372 g/mol. The zero-order chi connectivity index (χ0) is 20.3. The number of aliphatic hydroxyl groups excluding tert-OH is 2. The van der Waals surface area contributed by atoms with E-state index in [0.717, 1.165) is 6.42 Å². The van der Waals surface area contributed by atoms with E-state index in [1.807, 2.05) is 48.6 Å². The quantitative estimate of drug-likeness (QED) is 0.633. The van der Waals surface area contributed by atoms with Gasteiger partial charge in [-0.3, -0.25) is 0 Å². The second-order valence-corrected chi connectivity index (χ2v) is 6.01. The van der Waals surface area contributed by atoms with Gasteiger partial charge in [-0.1, -0.05) is 36.4 Å². The van der Waals surface area contributed by atoms with Crippen LogP contribution in [0.3, 0.4) is 0 Å². The van der Waals surface area contributed by atoms with Crippen molar-refractivity contribution in [3.05, 3.63) is 84.4 Å². The Bertz CT molecular complexity index is 884. The fraction of sp³-hybridized carbons (Fsp3) is 0.217. The molecule has 2 aromatic rings. The summed E-state index contributed by atoms with van der Waals surface area (Å²) in [6, 6.07) is 14.5. The number of benzene rings is 2. The molecule has 1 aliphatic carbocycles. The van der Waals surface area contributed by atoms with Gasteiger partial charge in [-0.15, -0.1) is 0 Å². The SMILES string of the molecule is OCCOC1=C(Oc2ccccc2Oc2ccccc2OCCO)C=CCC=C1. The molecule has 6 nitrogen and oxygen atoms in total. The summed E-state index contributed by atoms with van der Waals surface area (Å²) in [6.07, 6.45) is 8.33. The van der Waals surface area contributed by atoms with E-state index in [0.29, 0.717) is 34.5 Å². The first kappa shape index (κ1) is 20.5. The molecule has 0 aliphatic heterocycles. The molecule has 6 heteroatoms. The van der Waals surface area contributed by atoms with E-state index in [1.54, 1.807) is 24.3 Å². The molecule has 0 amide bonds. The molecule has 0 unspecified atom stereocenters. The van der Waals surface area contributed by atoms with Crippen LogP contribution in [0.5, 0.6) is 23.0 Å². The summed E-state index contributed by atoms with van der Waals surface area (Å²) < 4.78 is 23.3. The van der Waals surface area contributed by atoms with Crippen LogP contribution in [0, 0.1) is 0 Å². The van der Waals surface area contributed by atoms with Crippen molar-refractivity contribution in [1.29, 1.82) is 0 Å². The third-order valence-corrected chi connectivity index (χ3v) is 3.89. The first-order valence-corrected chi connectivity index (χ1v) is 9.40. The molecule has 0 heterocycles. The second kappa shape index (κ2) is 10.9. The van der Waals surface area contributed by atoms with Crippen LogP contribution in [0.4, 0.5) is 0 Å². The van der Waals surface area contributed by atoms with Gasteiger partial charge in [0.05, 0.1) is 13.2 Å². The number of ether oxygens (including phenoxy) is 4. The molecule has 2 aromatic carbocycles. The Hall–Kier alpha value is -3.22. The Kier molecular flexibility index (Phi) is 7.74. The van der Waals surface area contributed by atoms with Crippen molar-refractivity contribution in [3.63, 3.8) is 0 Å². The van der Waals surface area contributed by atoms with Gasteiger partial charge in [0.1, 0.15) is 13.2 Å². The Balaban J connectivity index is 1.86. The minimum Gasteiger partial charge on any atom is -0.487 e. The molecule has 0 saturated carbocycles. The summed E-state index contributed by atoms with van der Waals surface area (Å²) in [5, 5.41) is 18.1. The van der Waals surface area contributed by atoms with Crippen LogP contribution in [0.2, 0.25) is 0 Å². The molecule has 152 valence electrons. The molecular formula is C23H24O6. The van der Waals surface area contributed by atoms with Crippen LogP contribution in [-0.4, -0.2) is 36.6 Å². The fourth-order valence-corrected chi connectivity index (χ4v) is 2.62. The van der Waals surface area contributed by atoms with E-state index in [4.69, 9.17) is 29.2 Å². The normalized spacial score (nSPS) is 13.2. The summed E-state index contributed by atoms with van der Waals surface area (Å²) in [5.41, 5.74) is 0. The Morgan fingerprint density at radius 2 is 1.14 bits per heavy atom. The van der Waals surface area contributed by atoms with E-state index in [-0.39, 0.29) is 26.4 Å². The molecule has 3 rings (SSSR count). The highest BCUT2D eigenvalue weighted by Crippen LogP contribution is 2.37. The van der Waals surface area contributed by atoms with Crippen LogP contribution in [-0.2, 0) is 4.74 Å². The summed E-state index contributed by atoms with van der Waals surface area (Å²) in [6.45, 7) is 0.180. The van der Waals surface area contributed by atoms with Crippen LogP contribution < -0.4 is 14.2 Å². The standard InChI is InChI=1S/C23H24O6/c24-14-16-26-18-8-2-1-3-10-20(18)28-22-12-6-7-13-23(22)29-21-11-5-4-9-19(21)27-17-15-25/h2-13,24-25H,1,14-17H2. The van der Waals surface area contributed by atoms with Gasteiger partial charge in [-0.05, 0) is 42.8 Å². The lowest BCUT2D eigenvalue weighted by Gasteiger charge is -2.16. The van der Waals surface area contributed by atoms with Crippen LogP contribution in [0.15, 0.2) is 84.4 Å². The van der Waals surface area contributed by atoms with Crippen molar-refractivity contribution in [2.45, 2.75) is 6.42 Å². The van der Waals surface area contributed by atoms with Crippen LogP contribution >= 0.6 is 0 Å². The summed E-state index contributed by atoms with van der Waals surface area (Å²) in [4.78, 5) is 0. The van der Waals surface area contributed by atoms with Crippen molar-refractivity contribution < 1.29 is 29.2 Å². The van der Waals surface area contributed by atoms with E-state index < -0.39 is 0 Å². The number of rotatable bonds is 10. The minimum atomic E-state index is -0.0847. The van der Waals surface area contributed by atoms with Crippen molar-refractivity contribution in [3.8, 4) is 23.0 Å². The molecule has 0 atom stereocenters. The molecule has 0 spiro atoms. The smallest absolute Gasteiger partial charge is 0.170 e. The highest BCUT2D eigenvalue weighted by Gasteiger charge is 2.14. The van der Waals surface area contributed by atoms with E-state index >= 15 is 0 Å². The number of hydrogen-bond donors (Lipinski definition) is 2. The third kappa shape index (κ3) is 5.88. The van der Waals surface area contributed by atoms with Crippen LogP contribution in [0.1, 0.15) is 6.42 Å². The predicted molar refractivity (Wildman–Crippen MR) is 109 cm³/mol. The molecule has 0 bridgehead atoms. The number of allylic oxidation sites excluding steroid dienone is 4. The third-order valence-electron chi connectivity index (χ3n) is 3.89. The minimum absolute atomic E-state index is 0.0847. The first-order chi connectivity index (χ1) is 14.3. The number of para-hydroxylation sites is 4. The lowest BCUT2D eigenvalue weighted by Crippen LogP contribution is -2.05. The lowest BCUT2D eigenvalue weighted by molar-refractivity contribution is 0.145. The summed E-state index contributed by atoms with van der Waals surface area (Å²) in [5.74, 6) is 3.11. The van der Waals surface area contributed by atoms with Crippen LogP contribution in [0.25, 0.3) is 0 Å². The topological polar surface area (TPSA) is 77.4 Å². The highest BCUT2D eigenvalue weighted by molar-refractivity contribution is 5.48. The summed E-state index contributed by atoms with van der Waals surface area (Å²) in [7, 11) is 0. The van der Waals surface area contributed by atoms with Gasteiger partial charge < -0.3 is 29.2 Å². The number of hydrogen-bond acceptors (Lipinski definition) is 6. The maximum atomic E-state index is 9.06. The molecule has 0 aromatic heterocycles. The van der Waals surface area contributed by atoms with Gasteiger partial charge in [-0.2, -0.15) is 0 Å². The Morgan fingerprint density at radius 3 is 1.79 bits per heavy atom. The van der Waals surface area contributed by atoms with Crippen molar-refractivity contribution in [2.24, 2.45) is 0 Å². The van der Waals surface area contributed by atoms with Crippen molar-refractivity contribution in [2.75, 3.05) is 26.4 Å². The van der Waals surface area contributed by atoms with Gasteiger partial charge >= 0.3 is 0 Å². The van der Waals surface area contributed by atoms with Crippen molar-refractivity contribution in [1.82, 2.24) is 0 Å². The summed E-state index contributed by atoms with van der Waals surface area (Å²) >= 11 is 0. The Labute approximate surface area is 169 Å². The van der Waals surface area contributed by atoms with E-state index in [1.165, 1.54) is 0 Å². The maximum absolute atomic E-state index is 9.06. The van der Waals surface area contributed by atoms with Gasteiger partial charge in [0.2, 0.25) is 0 Å². The first-order valence-electron chi connectivity index (χ1n) is 9.40. The number of aliphatic hydroxyl groups is 2. The molecule has 0 radical (unpaired) electrons. The second-order valence-electron chi connectivity index (χ2n) is 6.01. The van der Waals surface area contributed by atoms with Gasteiger partial charge in [0, 0.05) is 0 Å². The van der Waals surface area contributed by atoms with Gasteiger partial charge in [-0.25, -0.2) is 0 Å². The predicted octanol–water partition coefficient (Wildman–Crippen LogP) is 3.97. The molecule has 0 saturated heterocycles. The zero-order valence-corrected chi connectivity index (χ0v) is 16.0. The average Bonchev–Trinajstić information content (AvgIpc) is 2.98. The largest absolute Gasteiger partial charge is 0.487 e. The fourth-order valence-electron chi connectivity index (χ4n) is 2.62. The Morgan fingerprint density at radius 1 is 0.621 bits per heavy atom. The maximum Gasteiger partial charge on any atom is 0.170 e. The van der Waals surface area contributed by atoms with Gasteiger partial charge in [0.25, 0.3) is 0 Å². The zero-order valence-electron chi connectivity index (χ0n) is 16.0. The van der Waals surface area contributed by atoms with Crippen molar-refractivity contribution >= 4 is 0 Å². The molecule has 0 fully saturated rings. The highest BCUT2D eigenvalue weighted by atomic mass is 16.6.